The second-order valence-electron chi connectivity index (χ2n) is 4.66. The Labute approximate surface area is 112 Å². The summed E-state index contributed by atoms with van der Waals surface area (Å²) in [4.78, 5) is 29.2. The highest BCUT2D eigenvalue weighted by Gasteiger charge is 2.32. The second-order valence-corrected chi connectivity index (χ2v) is 5.70. The molecule has 3 rings (SSSR count). The maximum absolute atomic E-state index is 11.7. The first-order valence-electron chi connectivity index (χ1n) is 5.84. The largest absolute Gasteiger partial charge is 0.481 e. The molecule has 2 aromatic heterocycles. The molecule has 0 radical (unpaired) electrons. The SMILES string of the molecule is Cc1cc(=O)n2nc(CN3CC(C(=O)O)C3)sc2n1. The molecule has 1 N–H and O–H groups in total. The van der Waals surface area contributed by atoms with E-state index in [0.29, 0.717) is 30.3 Å². The highest BCUT2D eigenvalue weighted by Crippen LogP contribution is 2.20. The predicted molar refractivity (Wildman–Crippen MR) is 68.3 cm³/mol. The summed E-state index contributed by atoms with van der Waals surface area (Å²) >= 11 is 1.36. The van der Waals surface area contributed by atoms with Gasteiger partial charge in [0.05, 0.1) is 12.5 Å². The minimum absolute atomic E-state index is 0.183. The van der Waals surface area contributed by atoms with E-state index in [-0.39, 0.29) is 11.5 Å². The van der Waals surface area contributed by atoms with E-state index in [1.165, 1.54) is 21.9 Å². The molecule has 2 aromatic rings. The molecule has 0 aromatic carbocycles. The van der Waals surface area contributed by atoms with Crippen LogP contribution in [-0.2, 0) is 11.3 Å². The molecule has 0 spiro atoms. The van der Waals surface area contributed by atoms with Crippen molar-refractivity contribution in [3.63, 3.8) is 0 Å². The molecule has 0 aliphatic carbocycles. The van der Waals surface area contributed by atoms with Gasteiger partial charge in [-0.1, -0.05) is 11.3 Å². The normalized spacial score (nSPS) is 16.7. The highest BCUT2D eigenvalue weighted by molar-refractivity contribution is 7.16. The number of aliphatic carboxylic acids is 1. The van der Waals surface area contributed by atoms with Gasteiger partial charge in [-0.25, -0.2) is 4.98 Å². The van der Waals surface area contributed by atoms with Crippen molar-refractivity contribution in [1.82, 2.24) is 19.5 Å². The average molecular weight is 280 g/mol. The fraction of sp³-hybridized carbons (Fsp3) is 0.455. The minimum Gasteiger partial charge on any atom is -0.481 e. The number of likely N-dealkylation sites (tertiary alicyclic amines) is 1. The monoisotopic (exact) mass is 280 g/mol. The lowest BCUT2D eigenvalue weighted by atomic mass is 10.0. The minimum atomic E-state index is -0.755. The molecule has 0 unspecified atom stereocenters. The van der Waals surface area contributed by atoms with E-state index >= 15 is 0 Å². The fourth-order valence-electron chi connectivity index (χ4n) is 2.07. The van der Waals surface area contributed by atoms with Crippen LogP contribution in [0.1, 0.15) is 10.7 Å². The van der Waals surface area contributed by atoms with Crippen molar-refractivity contribution in [2.75, 3.05) is 13.1 Å². The van der Waals surface area contributed by atoms with Crippen LogP contribution in [0, 0.1) is 12.8 Å². The number of nitrogens with zero attached hydrogens (tertiary/aromatic N) is 4. The Morgan fingerprint density at radius 2 is 2.32 bits per heavy atom. The van der Waals surface area contributed by atoms with Gasteiger partial charge in [-0.3, -0.25) is 14.5 Å². The van der Waals surface area contributed by atoms with Crippen molar-refractivity contribution in [1.29, 1.82) is 0 Å². The van der Waals surface area contributed by atoms with Crippen molar-refractivity contribution in [2.24, 2.45) is 5.92 Å². The van der Waals surface area contributed by atoms with Gasteiger partial charge in [0.2, 0.25) is 4.96 Å². The second kappa shape index (κ2) is 4.39. The van der Waals surface area contributed by atoms with Gasteiger partial charge < -0.3 is 5.11 Å². The Morgan fingerprint density at radius 1 is 1.58 bits per heavy atom. The maximum Gasteiger partial charge on any atom is 0.309 e. The average Bonchev–Trinajstić information content (AvgIpc) is 2.65. The Bertz CT molecular complexity index is 702. The maximum atomic E-state index is 11.7. The van der Waals surface area contributed by atoms with Gasteiger partial charge >= 0.3 is 5.97 Å². The zero-order valence-corrected chi connectivity index (χ0v) is 11.1. The summed E-state index contributed by atoms with van der Waals surface area (Å²) in [6.07, 6.45) is 0. The summed E-state index contributed by atoms with van der Waals surface area (Å²) in [5, 5.41) is 13.8. The summed E-state index contributed by atoms with van der Waals surface area (Å²) in [5.41, 5.74) is 0.493. The first kappa shape index (κ1) is 12.2. The summed E-state index contributed by atoms with van der Waals surface area (Å²) < 4.78 is 1.29. The predicted octanol–water partition coefficient (Wildman–Crippen LogP) is -0.0242. The van der Waals surface area contributed by atoms with Crippen LogP contribution in [0.3, 0.4) is 0 Å². The summed E-state index contributed by atoms with van der Waals surface area (Å²) in [5.74, 6) is -1.04. The fourth-order valence-corrected chi connectivity index (χ4v) is 3.06. The Morgan fingerprint density at radius 3 is 3.00 bits per heavy atom. The molecule has 1 aliphatic heterocycles. The number of carboxylic acids is 1. The highest BCUT2D eigenvalue weighted by atomic mass is 32.1. The van der Waals surface area contributed by atoms with E-state index < -0.39 is 5.97 Å². The van der Waals surface area contributed by atoms with Gasteiger partial charge in [-0.2, -0.15) is 9.61 Å². The standard InChI is InChI=1S/C11H12N4O3S/c1-6-2-9(16)15-11(12-6)19-8(13-15)5-14-3-7(4-14)10(17)18/h2,7H,3-5H2,1H3,(H,17,18). The Kier molecular flexibility index (Phi) is 2.83. The van der Waals surface area contributed by atoms with Crippen LogP contribution < -0.4 is 5.56 Å². The molecule has 0 bridgehead atoms. The summed E-state index contributed by atoms with van der Waals surface area (Å²) in [7, 11) is 0. The lowest BCUT2D eigenvalue weighted by Crippen LogP contribution is -2.49. The molecule has 100 valence electrons. The lowest BCUT2D eigenvalue weighted by Gasteiger charge is -2.35. The smallest absolute Gasteiger partial charge is 0.309 e. The number of fused-ring (bicyclic) bond motifs is 1. The lowest BCUT2D eigenvalue weighted by molar-refractivity contribution is -0.147. The first-order valence-corrected chi connectivity index (χ1v) is 6.66. The number of rotatable bonds is 3. The zero-order chi connectivity index (χ0) is 13.6. The third kappa shape index (κ3) is 2.24. The van der Waals surface area contributed by atoms with Crippen LogP contribution in [0.5, 0.6) is 0 Å². The van der Waals surface area contributed by atoms with Gasteiger partial charge in [-0.05, 0) is 6.92 Å². The molecule has 0 saturated carbocycles. The van der Waals surface area contributed by atoms with E-state index in [4.69, 9.17) is 5.11 Å². The number of aromatic nitrogens is 3. The van der Waals surface area contributed by atoms with E-state index in [1.807, 2.05) is 4.90 Å². The van der Waals surface area contributed by atoms with E-state index in [1.54, 1.807) is 6.92 Å². The van der Waals surface area contributed by atoms with Gasteiger partial charge in [0, 0.05) is 24.8 Å². The molecule has 0 amide bonds. The molecule has 3 heterocycles. The van der Waals surface area contributed by atoms with Gasteiger partial charge in [0.15, 0.2) is 0 Å². The number of carbonyl (C=O) groups is 1. The molecule has 8 heteroatoms. The van der Waals surface area contributed by atoms with Crippen molar-refractivity contribution in [3.05, 3.63) is 27.1 Å². The van der Waals surface area contributed by atoms with Gasteiger partial charge in [0.1, 0.15) is 5.01 Å². The first-order chi connectivity index (χ1) is 9.02. The molecule has 1 aliphatic rings. The zero-order valence-electron chi connectivity index (χ0n) is 10.2. The molecular formula is C11H12N4O3S. The summed E-state index contributed by atoms with van der Waals surface area (Å²) in [6.45, 7) is 3.41. The number of aryl methyl sites for hydroxylation is 1. The van der Waals surface area contributed by atoms with Gasteiger partial charge in [0.25, 0.3) is 5.56 Å². The van der Waals surface area contributed by atoms with Crippen LogP contribution in [0.4, 0.5) is 0 Å². The van der Waals surface area contributed by atoms with Crippen molar-refractivity contribution < 1.29 is 9.90 Å². The van der Waals surface area contributed by atoms with Crippen molar-refractivity contribution in [3.8, 4) is 0 Å². The molecular weight excluding hydrogens is 268 g/mol. The molecule has 19 heavy (non-hydrogen) atoms. The number of hydrogen-bond acceptors (Lipinski definition) is 6. The molecule has 1 saturated heterocycles. The third-order valence-electron chi connectivity index (χ3n) is 3.08. The number of carboxylic acid groups (broad SMARTS) is 1. The Balaban J connectivity index is 1.78. The van der Waals surface area contributed by atoms with E-state index in [9.17, 15) is 9.59 Å². The molecule has 7 nitrogen and oxygen atoms in total. The van der Waals surface area contributed by atoms with Gasteiger partial charge in [-0.15, -0.1) is 0 Å². The topological polar surface area (TPSA) is 87.8 Å². The third-order valence-corrected chi connectivity index (χ3v) is 3.97. The Hall–Kier alpha value is -1.80. The van der Waals surface area contributed by atoms with Crippen LogP contribution >= 0.6 is 11.3 Å². The quantitative estimate of drug-likeness (QED) is 0.850. The van der Waals surface area contributed by atoms with E-state index in [0.717, 1.165) is 5.01 Å². The van der Waals surface area contributed by atoms with Crippen LogP contribution in [-0.4, -0.2) is 43.7 Å². The summed E-state index contributed by atoms with van der Waals surface area (Å²) in [6, 6.07) is 1.45. The van der Waals surface area contributed by atoms with Crippen molar-refractivity contribution >= 4 is 22.3 Å². The van der Waals surface area contributed by atoms with Crippen molar-refractivity contribution in [2.45, 2.75) is 13.5 Å². The van der Waals surface area contributed by atoms with Crippen LogP contribution in [0.25, 0.3) is 4.96 Å². The van der Waals surface area contributed by atoms with Crippen LogP contribution in [0.2, 0.25) is 0 Å². The number of hydrogen-bond donors (Lipinski definition) is 1. The van der Waals surface area contributed by atoms with Crippen LogP contribution in [0.15, 0.2) is 10.9 Å². The molecule has 1 fully saturated rings. The molecule has 0 atom stereocenters. The van der Waals surface area contributed by atoms with E-state index in [2.05, 4.69) is 10.1 Å².